The van der Waals surface area contributed by atoms with Crippen LogP contribution in [0, 0.1) is 0 Å². The van der Waals surface area contributed by atoms with Gasteiger partial charge in [-0.25, -0.2) is 13.1 Å². The molecule has 2 rings (SSSR count). The minimum absolute atomic E-state index is 0.0783. The molecule has 0 bridgehead atoms. The Kier molecular flexibility index (Phi) is 6.02. The Labute approximate surface area is 126 Å². The highest BCUT2D eigenvalue weighted by atomic mass is 32.2. The van der Waals surface area contributed by atoms with Crippen molar-refractivity contribution in [2.45, 2.75) is 49.5 Å². The fraction of sp³-hybridized carbons (Fsp3) is 0.600. The summed E-state index contributed by atoms with van der Waals surface area (Å²) in [4.78, 5) is 0.241. The summed E-state index contributed by atoms with van der Waals surface area (Å²) in [5.74, 6) is 0.723. The minimum atomic E-state index is -3.47. The lowest BCUT2D eigenvalue weighted by atomic mass is 10.3. The third kappa shape index (κ3) is 4.98. The van der Waals surface area contributed by atoms with E-state index >= 15 is 0 Å². The Morgan fingerprint density at radius 1 is 1.14 bits per heavy atom. The molecule has 118 valence electrons. The van der Waals surface area contributed by atoms with Crippen LogP contribution in [-0.2, 0) is 10.0 Å². The second-order valence-electron chi connectivity index (χ2n) is 5.32. The molecule has 2 N–H and O–H groups in total. The van der Waals surface area contributed by atoms with E-state index < -0.39 is 10.0 Å². The van der Waals surface area contributed by atoms with Crippen molar-refractivity contribution in [3.63, 3.8) is 0 Å². The van der Waals surface area contributed by atoms with Gasteiger partial charge in [0.2, 0.25) is 10.0 Å². The van der Waals surface area contributed by atoms with Gasteiger partial charge in [-0.1, -0.05) is 0 Å². The maximum Gasteiger partial charge on any atom is 0.240 e. The van der Waals surface area contributed by atoms with Crippen molar-refractivity contribution < 1.29 is 18.3 Å². The highest BCUT2D eigenvalue weighted by molar-refractivity contribution is 7.89. The zero-order chi connectivity index (χ0) is 15.1. The second-order valence-corrected chi connectivity index (χ2v) is 7.09. The quantitative estimate of drug-likeness (QED) is 0.720. The van der Waals surface area contributed by atoms with Gasteiger partial charge in [-0.3, -0.25) is 0 Å². The molecule has 21 heavy (non-hydrogen) atoms. The molecule has 0 heterocycles. The van der Waals surface area contributed by atoms with E-state index in [1.807, 2.05) is 0 Å². The Balaban J connectivity index is 1.90. The van der Waals surface area contributed by atoms with E-state index in [0.29, 0.717) is 19.4 Å². The zero-order valence-corrected chi connectivity index (χ0v) is 12.9. The molecular weight excluding hydrogens is 290 g/mol. The smallest absolute Gasteiger partial charge is 0.240 e. The molecule has 0 aliphatic heterocycles. The summed E-state index contributed by atoms with van der Waals surface area (Å²) < 4.78 is 32.4. The molecule has 0 unspecified atom stereocenters. The van der Waals surface area contributed by atoms with Gasteiger partial charge in [0.15, 0.2) is 0 Å². The summed E-state index contributed by atoms with van der Waals surface area (Å²) in [5.41, 5.74) is 0. The molecule has 1 aromatic rings. The number of benzene rings is 1. The Hall–Kier alpha value is -1.11. The predicted molar refractivity (Wildman–Crippen MR) is 80.8 cm³/mol. The van der Waals surface area contributed by atoms with Crippen LogP contribution in [0.3, 0.4) is 0 Å². The Bertz CT molecular complexity index is 521. The first-order valence-corrected chi connectivity index (χ1v) is 8.97. The normalized spacial score (nSPS) is 16.2. The lowest BCUT2D eigenvalue weighted by Crippen LogP contribution is -2.24. The number of ether oxygens (including phenoxy) is 1. The van der Waals surface area contributed by atoms with Crippen molar-refractivity contribution in [1.29, 1.82) is 0 Å². The van der Waals surface area contributed by atoms with Gasteiger partial charge in [-0.15, -0.1) is 0 Å². The molecule has 1 saturated carbocycles. The average molecular weight is 313 g/mol. The van der Waals surface area contributed by atoms with Crippen LogP contribution >= 0.6 is 0 Å². The molecule has 1 aliphatic carbocycles. The molecule has 0 radical (unpaired) electrons. The molecule has 1 aliphatic rings. The molecule has 0 saturated heterocycles. The topological polar surface area (TPSA) is 75.6 Å². The third-order valence-electron chi connectivity index (χ3n) is 3.62. The molecule has 0 atom stereocenters. The first-order valence-electron chi connectivity index (χ1n) is 7.49. The SMILES string of the molecule is O=S(=O)(NCCCCO)c1ccc(OC2CCCC2)cc1. The molecule has 0 aromatic heterocycles. The minimum Gasteiger partial charge on any atom is -0.490 e. The first-order chi connectivity index (χ1) is 10.1. The number of hydrogen-bond donors (Lipinski definition) is 2. The maximum atomic E-state index is 12.0. The van der Waals surface area contributed by atoms with E-state index in [2.05, 4.69) is 4.72 Å². The van der Waals surface area contributed by atoms with E-state index in [-0.39, 0.29) is 17.6 Å². The van der Waals surface area contributed by atoms with Crippen molar-refractivity contribution in [2.75, 3.05) is 13.2 Å². The van der Waals surface area contributed by atoms with E-state index in [0.717, 1.165) is 18.6 Å². The van der Waals surface area contributed by atoms with Gasteiger partial charge in [0.1, 0.15) is 5.75 Å². The monoisotopic (exact) mass is 313 g/mol. The predicted octanol–water partition coefficient (Wildman–Crippen LogP) is 2.06. The highest BCUT2D eigenvalue weighted by Crippen LogP contribution is 2.24. The van der Waals surface area contributed by atoms with Crippen LogP contribution in [0.25, 0.3) is 0 Å². The van der Waals surface area contributed by atoms with E-state index in [1.54, 1.807) is 24.3 Å². The number of hydrogen-bond acceptors (Lipinski definition) is 4. The fourth-order valence-corrected chi connectivity index (χ4v) is 3.50. The van der Waals surface area contributed by atoms with E-state index in [9.17, 15) is 8.42 Å². The van der Waals surface area contributed by atoms with Gasteiger partial charge in [-0.2, -0.15) is 0 Å². The van der Waals surface area contributed by atoms with Crippen LogP contribution in [0.5, 0.6) is 5.75 Å². The molecule has 0 amide bonds. The summed E-state index contributed by atoms with van der Waals surface area (Å²) in [7, 11) is -3.47. The van der Waals surface area contributed by atoms with Crippen molar-refractivity contribution in [1.82, 2.24) is 4.72 Å². The molecule has 6 heteroatoms. The molecule has 0 spiro atoms. The van der Waals surface area contributed by atoms with Crippen LogP contribution in [0.2, 0.25) is 0 Å². The van der Waals surface area contributed by atoms with Crippen molar-refractivity contribution >= 4 is 10.0 Å². The number of aliphatic hydroxyl groups excluding tert-OH is 1. The lowest BCUT2D eigenvalue weighted by Gasteiger charge is -2.13. The van der Waals surface area contributed by atoms with Gasteiger partial charge >= 0.3 is 0 Å². The van der Waals surface area contributed by atoms with Crippen molar-refractivity contribution in [3.05, 3.63) is 24.3 Å². The Morgan fingerprint density at radius 3 is 2.43 bits per heavy atom. The van der Waals surface area contributed by atoms with Crippen LogP contribution in [-0.4, -0.2) is 32.8 Å². The first kappa shape index (κ1) is 16.3. The fourth-order valence-electron chi connectivity index (χ4n) is 2.42. The van der Waals surface area contributed by atoms with Crippen LogP contribution < -0.4 is 9.46 Å². The maximum absolute atomic E-state index is 12.0. The zero-order valence-electron chi connectivity index (χ0n) is 12.1. The number of rotatable bonds is 8. The van der Waals surface area contributed by atoms with Crippen LogP contribution in [0.1, 0.15) is 38.5 Å². The Morgan fingerprint density at radius 2 is 1.81 bits per heavy atom. The number of unbranched alkanes of at least 4 members (excludes halogenated alkanes) is 1. The number of sulfonamides is 1. The van der Waals surface area contributed by atoms with Gasteiger partial charge in [-0.05, 0) is 62.8 Å². The van der Waals surface area contributed by atoms with Crippen molar-refractivity contribution in [2.24, 2.45) is 0 Å². The number of nitrogens with one attached hydrogen (secondary N) is 1. The second kappa shape index (κ2) is 7.77. The standard InChI is InChI=1S/C15H23NO4S/c17-12-4-3-11-16-21(18,19)15-9-7-14(8-10-15)20-13-5-1-2-6-13/h7-10,13,16-17H,1-6,11-12H2. The summed E-state index contributed by atoms with van der Waals surface area (Å²) >= 11 is 0. The molecular formula is C15H23NO4S. The van der Waals surface area contributed by atoms with Crippen LogP contribution in [0.15, 0.2) is 29.2 Å². The summed E-state index contributed by atoms with van der Waals surface area (Å²) in [5, 5.41) is 8.67. The van der Waals surface area contributed by atoms with Gasteiger partial charge in [0, 0.05) is 13.2 Å². The van der Waals surface area contributed by atoms with Crippen LogP contribution in [0.4, 0.5) is 0 Å². The molecule has 1 fully saturated rings. The number of aliphatic hydroxyl groups is 1. The van der Waals surface area contributed by atoms with E-state index in [4.69, 9.17) is 9.84 Å². The van der Waals surface area contributed by atoms with Gasteiger partial charge in [0.05, 0.1) is 11.0 Å². The lowest BCUT2D eigenvalue weighted by molar-refractivity contribution is 0.210. The third-order valence-corrected chi connectivity index (χ3v) is 5.09. The molecule has 5 nitrogen and oxygen atoms in total. The van der Waals surface area contributed by atoms with Crippen molar-refractivity contribution in [3.8, 4) is 5.75 Å². The average Bonchev–Trinajstić information content (AvgIpc) is 2.97. The largest absolute Gasteiger partial charge is 0.490 e. The van der Waals surface area contributed by atoms with E-state index in [1.165, 1.54) is 12.8 Å². The van der Waals surface area contributed by atoms with Gasteiger partial charge in [0.25, 0.3) is 0 Å². The summed E-state index contributed by atoms with van der Waals surface area (Å²) in [6.45, 7) is 0.415. The molecule has 1 aromatic carbocycles. The summed E-state index contributed by atoms with van der Waals surface area (Å²) in [6, 6.07) is 6.55. The summed E-state index contributed by atoms with van der Waals surface area (Å²) in [6.07, 6.45) is 6.04. The van der Waals surface area contributed by atoms with Gasteiger partial charge < -0.3 is 9.84 Å². The highest BCUT2D eigenvalue weighted by Gasteiger charge is 2.17.